The second-order valence-electron chi connectivity index (χ2n) is 5.07. The van der Waals surface area contributed by atoms with Crippen molar-refractivity contribution < 1.29 is 0 Å². The number of amidine groups is 2. The van der Waals surface area contributed by atoms with E-state index in [1.807, 2.05) is 36.4 Å². The van der Waals surface area contributed by atoms with Gasteiger partial charge in [0.1, 0.15) is 5.84 Å². The fraction of sp³-hybridized carbons (Fsp3) is 0.0476. The Morgan fingerprint density at radius 1 is 1.12 bits per heavy atom. The number of hydrogen-bond donors (Lipinski definition) is 2. The first-order valence-electron chi connectivity index (χ1n) is 7.63. The number of halogens is 1. The Kier molecular flexibility index (Phi) is 8.90. The topological polar surface area (TPSA) is 62.2 Å². The summed E-state index contributed by atoms with van der Waals surface area (Å²) in [6, 6.07) is 17.6. The largest absolute Gasteiger partial charge is 0.383 e. The van der Waals surface area contributed by atoms with Crippen LogP contribution in [0.4, 0.5) is 0 Å². The Balaban J connectivity index is 0.000000370. The van der Waals surface area contributed by atoms with Gasteiger partial charge in [-0.25, -0.2) is 4.99 Å². The smallest absolute Gasteiger partial charge is 0.154 e. The molecular weight excluding hydrogens is 374 g/mol. The Bertz CT molecular complexity index is 790. The number of aliphatic imine (C=N–C) groups is 1. The van der Waals surface area contributed by atoms with Gasteiger partial charge in [-0.2, -0.15) is 0 Å². The average Bonchev–Trinajstić information content (AvgIpc) is 2.60. The predicted molar refractivity (Wildman–Crippen MR) is 112 cm³/mol. The number of aryl methyl sites for hydroxylation is 1. The summed E-state index contributed by atoms with van der Waals surface area (Å²) in [7, 11) is 0. The molecule has 0 aliphatic carbocycles. The van der Waals surface area contributed by atoms with E-state index in [-0.39, 0.29) is 11.7 Å². The minimum atomic E-state index is 0.102. The van der Waals surface area contributed by atoms with Gasteiger partial charge in [0.15, 0.2) is 5.84 Å². The Morgan fingerprint density at radius 3 is 2.28 bits per heavy atom. The van der Waals surface area contributed by atoms with Gasteiger partial charge in [0, 0.05) is 15.6 Å². The van der Waals surface area contributed by atoms with Crippen LogP contribution in [0.1, 0.15) is 11.1 Å². The van der Waals surface area contributed by atoms with E-state index in [1.165, 1.54) is 5.56 Å². The molecule has 0 atom stereocenters. The van der Waals surface area contributed by atoms with E-state index in [0.29, 0.717) is 11.1 Å². The summed E-state index contributed by atoms with van der Waals surface area (Å²) in [5, 5.41) is 7.88. The van der Waals surface area contributed by atoms with Crippen molar-refractivity contribution in [3.63, 3.8) is 0 Å². The first kappa shape index (κ1) is 20.3. The molecule has 25 heavy (non-hydrogen) atoms. The van der Waals surface area contributed by atoms with Crippen molar-refractivity contribution in [2.45, 2.75) is 6.92 Å². The molecule has 3 nitrogen and oxygen atoms in total. The second-order valence-corrected chi connectivity index (χ2v) is 5.99. The molecule has 0 amide bonds. The van der Waals surface area contributed by atoms with Crippen LogP contribution in [0.3, 0.4) is 0 Å². The molecule has 2 aromatic carbocycles. The average molecular weight is 396 g/mol. The molecule has 0 spiro atoms. The van der Waals surface area contributed by atoms with Gasteiger partial charge in [0.2, 0.25) is 0 Å². The molecule has 0 saturated carbocycles. The molecule has 4 heteroatoms. The van der Waals surface area contributed by atoms with Gasteiger partial charge in [-0.3, -0.25) is 5.41 Å². The van der Waals surface area contributed by atoms with Crippen LogP contribution in [0.5, 0.6) is 0 Å². The van der Waals surface area contributed by atoms with Gasteiger partial charge in [0.05, 0.1) is 0 Å². The molecule has 0 bridgehead atoms. The van der Waals surface area contributed by atoms with Crippen molar-refractivity contribution in [1.82, 2.24) is 0 Å². The lowest BCUT2D eigenvalue weighted by atomic mass is 10.2. The maximum absolute atomic E-state index is 7.88. The van der Waals surface area contributed by atoms with E-state index in [1.54, 1.807) is 24.3 Å². The molecule has 0 heterocycles. The van der Waals surface area contributed by atoms with E-state index >= 15 is 0 Å². The number of hydrogen-bond acceptors (Lipinski definition) is 1. The van der Waals surface area contributed by atoms with Crippen LogP contribution in [0, 0.1) is 12.3 Å². The van der Waals surface area contributed by atoms with Gasteiger partial charge < -0.3 is 5.73 Å². The zero-order chi connectivity index (χ0) is 18.7. The number of allylic oxidation sites excluding steroid dienone is 2. The van der Waals surface area contributed by atoms with Crippen LogP contribution in [0.15, 0.2) is 101 Å². The van der Waals surface area contributed by atoms with Gasteiger partial charge >= 0.3 is 0 Å². The number of benzene rings is 2. The highest BCUT2D eigenvalue weighted by Crippen LogP contribution is 2.12. The summed E-state index contributed by atoms with van der Waals surface area (Å²) >= 11 is 3.35. The summed E-state index contributed by atoms with van der Waals surface area (Å²) in [4.78, 5) is 4.05. The molecular formula is C21H22BrN3. The maximum Gasteiger partial charge on any atom is 0.154 e. The van der Waals surface area contributed by atoms with Crippen LogP contribution < -0.4 is 5.73 Å². The van der Waals surface area contributed by atoms with E-state index in [0.717, 1.165) is 4.47 Å². The third-order valence-corrected chi connectivity index (χ3v) is 3.58. The van der Waals surface area contributed by atoms with Crippen LogP contribution >= 0.6 is 15.9 Å². The van der Waals surface area contributed by atoms with Crippen molar-refractivity contribution >= 4 is 27.6 Å². The third-order valence-electron chi connectivity index (χ3n) is 3.08. The highest BCUT2D eigenvalue weighted by Gasteiger charge is 2.03. The zero-order valence-corrected chi connectivity index (χ0v) is 15.8. The maximum atomic E-state index is 7.88. The predicted octanol–water partition coefficient (Wildman–Crippen LogP) is 5.43. The molecule has 128 valence electrons. The highest BCUT2D eigenvalue weighted by molar-refractivity contribution is 9.10. The lowest BCUT2D eigenvalue weighted by Crippen LogP contribution is -2.16. The number of nitrogens with two attached hydrogens (primary N) is 1. The van der Waals surface area contributed by atoms with Crippen LogP contribution in [-0.4, -0.2) is 11.7 Å². The Hall–Kier alpha value is -2.72. The van der Waals surface area contributed by atoms with Crippen molar-refractivity contribution in [3.05, 3.63) is 107 Å². The number of rotatable bonds is 4. The van der Waals surface area contributed by atoms with Gasteiger partial charge in [-0.15, -0.1) is 0 Å². The van der Waals surface area contributed by atoms with Gasteiger partial charge in [-0.1, -0.05) is 95.3 Å². The molecule has 0 fully saturated rings. The summed E-state index contributed by atoms with van der Waals surface area (Å²) in [5.74, 6) is 0.348. The molecule has 2 aromatic rings. The number of nitrogens with zero attached hydrogens (tertiary/aromatic N) is 1. The molecule has 0 aromatic heterocycles. The first-order valence-corrected chi connectivity index (χ1v) is 8.43. The van der Waals surface area contributed by atoms with Gasteiger partial charge in [0.25, 0.3) is 0 Å². The van der Waals surface area contributed by atoms with Crippen molar-refractivity contribution in [2.24, 2.45) is 10.7 Å². The molecule has 0 unspecified atom stereocenters. The van der Waals surface area contributed by atoms with Crippen molar-refractivity contribution in [3.8, 4) is 0 Å². The highest BCUT2D eigenvalue weighted by atomic mass is 79.9. The Labute approximate surface area is 157 Å². The SMILES string of the molecule is C=C/C=C(\C=C)C(N)=NC(=N)c1cccc(Br)c1.Cc1ccccc1. The molecule has 3 N–H and O–H groups in total. The van der Waals surface area contributed by atoms with Gasteiger partial charge in [-0.05, 0) is 19.1 Å². The monoisotopic (exact) mass is 395 g/mol. The quantitative estimate of drug-likeness (QED) is 0.404. The van der Waals surface area contributed by atoms with E-state index in [4.69, 9.17) is 11.1 Å². The zero-order valence-electron chi connectivity index (χ0n) is 14.2. The van der Waals surface area contributed by atoms with Crippen molar-refractivity contribution in [1.29, 1.82) is 5.41 Å². The van der Waals surface area contributed by atoms with Crippen molar-refractivity contribution in [2.75, 3.05) is 0 Å². The minimum absolute atomic E-state index is 0.102. The summed E-state index contributed by atoms with van der Waals surface area (Å²) in [5.41, 5.74) is 8.46. The normalized spacial score (nSPS) is 11.1. The Morgan fingerprint density at radius 2 is 1.80 bits per heavy atom. The summed E-state index contributed by atoms with van der Waals surface area (Å²) in [6.07, 6.45) is 4.87. The van der Waals surface area contributed by atoms with Crippen LogP contribution in [0.25, 0.3) is 0 Å². The second kappa shape index (κ2) is 10.9. The third kappa shape index (κ3) is 7.59. The summed E-state index contributed by atoms with van der Waals surface area (Å²) in [6.45, 7) is 9.31. The lowest BCUT2D eigenvalue weighted by Gasteiger charge is -2.03. The first-order chi connectivity index (χ1) is 12.0. The fourth-order valence-electron chi connectivity index (χ4n) is 1.80. The van der Waals surface area contributed by atoms with E-state index < -0.39 is 0 Å². The van der Waals surface area contributed by atoms with Crippen LogP contribution in [0.2, 0.25) is 0 Å². The fourth-order valence-corrected chi connectivity index (χ4v) is 2.20. The lowest BCUT2D eigenvalue weighted by molar-refractivity contribution is 1.39. The standard InChI is InChI=1S/C14H14BrN3.C7H8/c1-3-6-10(4-2)13(16)18-14(17)11-7-5-8-12(15)9-11;1-7-5-3-2-4-6-7/h3-9H,1-2H2,(H3,16,17,18);2-6H,1H3/b10-6+;. The minimum Gasteiger partial charge on any atom is -0.383 e. The van der Waals surface area contributed by atoms with Crippen LogP contribution in [-0.2, 0) is 0 Å². The molecule has 0 saturated heterocycles. The summed E-state index contributed by atoms with van der Waals surface area (Å²) < 4.78 is 0.893. The molecule has 0 aliphatic rings. The van der Waals surface area contributed by atoms with E-state index in [9.17, 15) is 0 Å². The molecule has 2 rings (SSSR count). The molecule has 0 aliphatic heterocycles. The molecule has 0 radical (unpaired) electrons. The van der Waals surface area contributed by atoms with E-state index in [2.05, 4.69) is 53.1 Å². The number of nitrogens with one attached hydrogen (secondary N) is 1.